The minimum absolute atomic E-state index is 0.0567. The molecule has 2 atom stereocenters. The van der Waals surface area contributed by atoms with Crippen LogP contribution in [-0.4, -0.2) is 12.0 Å². The summed E-state index contributed by atoms with van der Waals surface area (Å²) in [5.74, 6) is 0.673. The number of carbonyl (C=O) groups is 1. The summed E-state index contributed by atoms with van der Waals surface area (Å²) in [4.78, 5) is 12.6. The summed E-state index contributed by atoms with van der Waals surface area (Å²) in [5, 5.41) is 3.07. The SMILES string of the molecule is Cc1cc(C)c(C)c(OC(C)C(=O)NC(C)c2cc(C)ccc2C)c1. The first kappa shape index (κ1) is 19.0. The Kier molecular flexibility index (Phi) is 5.89. The summed E-state index contributed by atoms with van der Waals surface area (Å²) in [5.41, 5.74) is 6.89. The molecule has 1 amide bonds. The first-order valence-corrected chi connectivity index (χ1v) is 8.81. The lowest BCUT2D eigenvalue weighted by atomic mass is 10.00. The molecule has 0 saturated carbocycles. The van der Waals surface area contributed by atoms with Gasteiger partial charge in [0.05, 0.1) is 6.04 Å². The molecule has 0 bridgehead atoms. The van der Waals surface area contributed by atoms with Crippen molar-refractivity contribution in [2.45, 2.75) is 60.6 Å². The summed E-state index contributed by atoms with van der Waals surface area (Å²) < 4.78 is 5.95. The molecule has 0 heterocycles. The smallest absolute Gasteiger partial charge is 0.261 e. The number of hydrogen-bond acceptors (Lipinski definition) is 2. The zero-order valence-electron chi connectivity index (χ0n) is 16.4. The van der Waals surface area contributed by atoms with Gasteiger partial charge in [0.1, 0.15) is 5.75 Å². The first-order chi connectivity index (χ1) is 11.7. The fraction of sp³-hybridized carbons (Fsp3) is 0.409. The van der Waals surface area contributed by atoms with Gasteiger partial charge in [0.25, 0.3) is 5.91 Å². The van der Waals surface area contributed by atoms with Gasteiger partial charge in [-0.05, 0) is 82.3 Å². The summed E-state index contributed by atoms with van der Waals surface area (Å²) in [6.45, 7) is 14.0. The van der Waals surface area contributed by atoms with E-state index >= 15 is 0 Å². The molecular formula is C22H29NO2. The fourth-order valence-corrected chi connectivity index (χ4v) is 3.00. The van der Waals surface area contributed by atoms with Crippen LogP contribution in [0.15, 0.2) is 30.3 Å². The van der Waals surface area contributed by atoms with Crippen LogP contribution in [0.3, 0.4) is 0 Å². The van der Waals surface area contributed by atoms with E-state index in [2.05, 4.69) is 50.4 Å². The zero-order valence-corrected chi connectivity index (χ0v) is 16.4. The molecule has 0 aliphatic carbocycles. The van der Waals surface area contributed by atoms with Gasteiger partial charge in [-0.25, -0.2) is 0 Å². The highest BCUT2D eigenvalue weighted by molar-refractivity contribution is 5.81. The Hall–Kier alpha value is -2.29. The lowest BCUT2D eigenvalue weighted by Gasteiger charge is -2.22. The quantitative estimate of drug-likeness (QED) is 0.843. The van der Waals surface area contributed by atoms with E-state index in [1.807, 2.05) is 26.8 Å². The van der Waals surface area contributed by atoms with Crippen molar-refractivity contribution in [2.24, 2.45) is 0 Å². The maximum Gasteiger partial charge on any atom is 0.261 e. The summed E-state index contributed by atoms with van der Waals surface area (Å²) in [7, 11) is 0. The number of ether oxygens (including phenoxy) is 1. The molecule has 0 fully saturated rings. The predicted octanol–water partition coefficient (Wildman–Crippen LogP) is 4.87. The molecule has 0 saturated heterocycles. The Bertz CT molecular complexity index is 780. The van der Waals surface area contributed by atoms with E-state index in [4.69, 9.17) is 4.74 Å². The molecule has 1 N–H and O–H groups in total. The number of nitrogens with one attached hydrogen (secondary N) is 1. The highest BCUT2D eigenvalue weighted by Gasteiger charge is 2.19. The van der Waals surface area contributed by atoms with Gasteiger partial charge in [0.2, 0.25) is 0 Å². The second-order valence-electron chi connectivity index (χ2n) is 7.06. The van der Waals surface area contributed by atoms with Crippen LogP contribution in [0, 0.1) is 34.6 Å². The molecule has 2 rings (SSSR count). The third kappa shape index (κ3) is 4.62. The van der Waals surface area contributed by atoms with Gasteiger partial charge < -0.3 is 10.1 Å². The van der Waals surface area contributed by atoms with E-state index in [0.717, 1.165) is 22.4 Å². The van der Waals surface area contributed by atoms with Gasteiger partial charge in [-0.3, -0.25) is 4.79 Å². The largest absolute Gasteiger partial charge is 0.481 e. The molecule has 0 aliphatic rings. The topological polar surface area (TPSA) is 38.3 Å². The molecule has 3 heteroatoms. The minimum atomic E-state index is -0.549. The Labute approximate surface area is 151 Å². The molecule has 25 heavy (non-hydrogen) atoms. The van der Waals surface area contributed by atoms with Crippen LogP contribution < -0.4 is 10.1 Å². The number of rotatable bonds is 5. The van der Waals surface area contributed by atoms with Crippen LogP contribution in [-0.2, 0) is 4.79 Å². The molecule has 0 radical (unpaired) electrons. The molecule has 2 unspecified atom stereocenters. The van der Waals surface area contributed by atoms with Crippen molar-refractivity contribution in [3.05, 3.63) is 63.7 Å². The molecule has 0 aliphatic heterocycles. The lowest BCUT2D eigenvalue weighted by Crippen LogP contribution is -2.38. The van der Waals surface area contributed by atoms with E-state index in [9.17, 15) is 4.79 Å². The number of hydrogen-bond donors (Lipinski definition) is 1. The number of benzene rings is 2. The van der Waals surface area contributed by atoms with Gasteiger partial charge in [0, 0.05) is 0 Å². The van der Waals surface area contributed by atoms with Gasteiger partial charge in [-0.15, -0.1) is 0 Å². The standard InChI is InChI=1S/C22H29NO2/c1-13-8-9-15(3)20(11-13)18(6)23-22(24)19(7)25-21-12-14(2)10-16(4)17(21)5/h8-12,18-19H,1-7H3,(H,23,24). The fourth-order valence-electron chi connectivity index (χ4n) is 3.00. The second kappa shape index (κ2) is 7.73. The van der Waals surface area contributed by atoms with Gasteiger partial charge in [-0.2, -0.15) is 0 Å². The van der Waals surface area contributed by atoms with Gasteiger partial charge in [-0.1, -0.05) is 29.8 Å². The van der Waals surface area contributed by atoms with Crippen LogP contribution in [0.2, 0.25) is 0 Å². The average Bonchev–Trinajstić information content (AvgIpc) is 2.54. The van der Waals surface area contributed by atoms with Crippen molar-refractivity contribution in [1.82, 2.24) is 5.32 Å². The average molecular weight is 339 g/mol. The first-order valence-electron chi connectivity index (χ1n) is 8.81. The minimum Gasteiger partial charge on any atom is -0.481 e. The molecule has 2 aromatic carbocycles. The predicted molar refractivity (Wildman–Crippen MR) is 103 cm³/mol. The molecule has 134 valence electrons. The van der Waals surface area contributed by atoms with Crippen LogP contribution >= 0.6 is 0 Å². The van der Waals surface area contributed by atoms with E-state index in [1.54, 1.807) is 6.92 Å². The van der Waals surface area contributed by atoms with Crippen LogP contribution in [0.5, 0.6) is 5.75 Å². The Morgan fingerprint density at radius 1 is 0.920 bits per heavy atom. The third-order valence-corrected chi connectivity index (χ3v) is 4.70. The highest BCUT2D eigenvalue weighted by atomic mass is 16.5. The Morgan fingerprint density at radius 3 is 2.28 bits per heavy atom. The normalized spacial score (nSPS) is 13.2. The molecule has 0 aromatic heterocycles. The van der Waals surface area contributed by atoms with E-state index < -0.39 is 6.10 Å². The number of aryl methyl sites for hydroxylation is 4. The maximum absolute atomic E-state index is 12.6. The zero-order chi connectivity index (χ0) is 18.7. The Balaban J connectivity index is 2.09. The van der Waals surface area contributed by atoms with Crippen molar-refractivity contribution in [1.29, 1.82) is 0 Å². The van der Waals surface area contributed by atoms with E-state index in [1.165, 1.54) is 16.7 Å². The van der Waals surface area contributed by atoms with Crippen LogP contribution in [0.1, 0.15) is 53.3 Å². The van der Waals surface area contributed by atoms with Gasteiger partial charge in [0.15, 0.2) is 6.10 Å². The van der Waals surface area contributed by atoms with E-state index in [0.29, 0.717) is 0 Å². The van der Waals surface area contributed by atoms with Crippen molar-refractivity contribution in [3.8, 4) is 5.75 Å². The molecule has 3 nitrogen and oxygen atoms in total. The third-order valence-electron chi connectivity index (χ3n) is 4.70. The summed E-state index contributed by atoms with van der Waals surface area (Å²) in [6, 6.07) is 10.3. The summed E-state index contributed by atoms with van der Waals surface area (Å²) >= 11 is 0. The second-order valence-corrected chi connectivity index (χ2v) is 7.06. The maximum atomic E-state index is 12.6. The molecule has 0 spiro atoms. The van der Waals surface area contributed by atoms with Crippen LogP contribution in [0.25, 0.3) is 0 Å². The van der Waals surface area contributed by atoms with E-state index in [-0.39, 0.29) is 11.9 Å². The van der Waals surface area contributed by atoms with Crippen molar-refractivity contribution < 1.29 is 9.53 Å². The number of amides is 1. The Morgan fingerprint density at radius 2 is 1.60 bits per heavy atom. The van der Waals surface area contributed by atoms with Crippen molar-refractivity contribution in [3.63, 3.8) is 0 Å². The molecule has 2 aromatic rings. The van der Waals surface area contributed by atoms with Crippen molar-refractivity contribution in [2.75, 3.05) is 0 Å². The van der Waals surface area contributed by atoms with Crippen molar-refractivity contribution >= 4 is 5.91 Å². The highest BCUT2D eigenvalue weighted by Crippen LogP contribution is 2.25. The lowest BCUT2D eigenvalue weighted by molar-refractivity contribution is -0.127. The monoisotopic (exact) mass is 339 g/mol. The number of carbonyl (C=O) groups excluding carboxylic acids is 1. The van der Waals surface area contributed by atoms with Gasteiger partial charge >= 0.3 is 0 Å². The van der Waals surface area contributed by atoms with Crippen LogP contribution in [0.4, 0.5) is 0 Å². The molecular weight excluding hydrogens is 310 g/mol. The summed E-state index contributed by atoms with van der Waals surface area (Å²) in [6.07, 6.45) is -0.549.